The van der Waals surface area contributed by atoms with Crippen LogP contribution in [0.15, 0.2) is 37.9 Å². The number of allylic oxidation sites excluding steroid dienone is 1. The molecule has 0 bridgehead atoms. The van der Waals surface area contributed by atoms with Gasteiger partial charge in [-0.25, -0.2) is 0 Å². The van der Waals surface area contributed by atoms with E-state index in [0.29, 0.717) is 5.75 Å². The molecule has 0 fully saturated rings. The van der Waals surface area contributed by atoms with Crippen molar-refractivity contribution in [3.63, 3.8) is 0 Å². The molecule has 0 radical (unpaired) electrons. The molecule has 15 heavy (non-hydrogen) atoms. The van der Waals surface area contributed by atoms with E-state index in [9.17, 15) is 4.79 Å². The molecule has 0 aromatic heterocycles. The Kier molecular flexibility index (Phi) is 4.55. The maximum Gasteiger partial charge on any atom is 0.194 e. The highest BCUT2D eigenvalue weighted by molar-refractivity contribution is 9.11. The summed E-state index contributed by atoms with van der Waals surface area (Å²) in [6, 6.07) is 3.65. The first-order chi connectivity index (χ1) is 6.91. The minimum absolute atomic E-state index is 0.110. The summed E-state index contributed by atoms with van der Waals surface area (Å²) in [5.74, 6) is 0.453. The third-order valence-corrected chi connectivity index (χ3v) is 3.22. The van der Waals surface area contributed by atoms with Crippen molar-refractivity contribution in [3.05, 3.63) is 37.9 Å². The third kappa shape index (κ3) is 3.43. The Balaban J connectivity index is 3.05. The molecule has 0 aliphatic heterocycles. The van der Waals surface area contributed by atoms with Gasteiger partial charge < -0.3 is 4.74 Å². The van der Waals surface area contributed by atoms with E-state index in [1.807, 2.05) is 12.1 Å². The second kappa shape index (κ2) is 5.27. The Morgan fingerprint density at radius 1 is 1.27 bits per heavy atom. The summed E-state index contributed by atoms with van der Waals surface area (Å²) < 4.78 is 7.72. The average Bonchev–Trinajstić information content (AvgIpc) is 2.10. The normalized spacial score (nSPS) is 9.87. The average molecular weight is 399 g/mol. The molecule has 80 valence electrons. The standard InChI is InChI=1S/C10H7Br3O2/c1-5(14)6(2)15-10-8(12)3-7(11)4-9(10)13/h3-4H,2H2,1H3. The van der Waals surface area contributed by atoms with Crippen LogP contribution in [0.1, 0.15) is 6.92 Å². The van der Waals surface area contributed by atoms with Crippen LogP contribution in [0.25, 0.3) is 0 Å². The molecule has 0 saturated carbocycles. The van der Waals surface area contributed by atoms with E-state index in [0.717, 1.165) is 13.4 Å². The second-order valence-electron chi connectivity index (χ2n) is 2.78. The van der Waals surface area contributed by atoms with Gasteiger partial charge in [0.15, 0.2) is 17.3 Å². The van der Waals surface area contributed by atoms with E-state index >= 15 is 0 Å². The smallest absolute Gasteiger partial charge is 0.194 e. The molecular weight excluding hydrogens is 392 g/mol. The van der Waals surface area contributed by atoms with Gasteiger partial charge in [0.1, 0.15) is 0 Å². The Bertz CT molecular complexity index is 404. The maximum atomic E-state index is 11.0. The summed E-state index contributed by atoms with van der Waals surface area (Å²) in [5, 5.41) is 0. The van der Waals surface area contributed by atoms with Crippen LogP contribution < -0.4 is 4.74 Å². The quantitative estimate of drug-likeness (QED) is 0.555. The summed E-state index contributed by atoms with van der Waals surface area (Å²) in [5.41, 5.74) is 0. The SMILES string of the molecule is C=C(Oc1c(Br)cc(Br)cc1Br)C(C)=O. The van der Waals surface area contributed by atoms with E-state index in [1.54, 1.807) is 0 Å². The van der Waals surface area contributed by atoms with Crippen molar-refractivity contribution in [2.45, 2.75) is 6.92 Å². The second-order valence-corrected chi connectivity index (χ2v) is 5.40. The topological polar surface area (TPSA) is 26.3 Å². The first-order valence-electron chi connectivity index (χ1n) is 3.94. The van der Waals surface area contributed by atoms with Crippen molar-refractivity contribution < 1.29 is 9.53 Å². The van der Waals surface area contributed by atoms with Crippen molar-refractivity contribution in [1.82, 2.24) is 0 Å². The van der Waals surface area contributed by atoms with Crippen LogP contribution in [-0.4, -0.2) is 5.78 Å². The van der Waals surface area contributed by atoms with Gasteiger partial charge in [0.2, 0.25) is 0 Å². The number of rotatable bonds is 3. The van der Waals surface area contributed by atoms with Gasteiger partial charge in [0.05, 0.1) is 8.95 Å². The van der Waals surface area contributed by atoms with Crippen LogP contribution in [-0.2, 0) is 4.79 Å². The highest BCUT2D eigenvalue weighted by atomic mass is 79.9. The lowest BCUT2D eigenvalue weighted by Gasteiger charge is -2.10. The highest BCUT2D eigenvalue weighted by Gasteiger charge is 2.11. The van der Waals surface area contributed by atoms with E-state index in [4.69, 9.17) is 4.74 Å². The molecule has 0 heterocycles. The summed E-state index contributed by atoms with van der Waals surface area (Å²) in [6.45, 7) is 4.93. The Labute approximate surface area is 113 Å². The van der Waals surface area contributed by atoms with Gasteiger partial charge in [0, 0.05) is 11.4 Å². The molecule has 0 N–H and O–H groups in total. The summed E-state index contributed by atoms with van der Waals surface area (Å²) in [6.07, 6.45) is 0. The van der Waals surface area contributed by atoms with Gasteiger partial charge >= 0.3 is 0 Å². The zero-order valence-electron chi connectivity index (χ0n) is 7.81. The van der Waals surface area contributed by atoms with E-state index in [2.05, 4.69) is 54.4 Å². The predicted molar refractivity (Wildman–Crippen MR) is 70.0 cm³/mol. The van der Waals surface area contributed by atoms with Crippen LogP contribution in [0.5, 0.6) is 5.75 Å². The van der Waals surface area contributed by atoms with Crippen LogP contribution in [0.3, 0.4) is 0 Å². The van der Waals surface area contributed by atoms with Crippen LogP contribution in [0.4, 0.5) is 0 Å². The lowest BCUT2D eigenvalue weighted by atomic mass is 10.3. The van der Waals surface area contributed by atoms with Gasteiger partial charge in [-0.15, -0.1) is 0 Å². The molecule has 5 heteroatoms. The first kappa shape index (κ1) is 12.9. The number of hydrogen-bond acceptors (Lipinski definition) is 2. The molecule has 0 amide bonds. The first-order valence-corrected chi connectivity index (χ1v) is 6.32. The number of carbonyl (C=O) groups excluding carboxylic acids is 1. The minimum atomic E-state index is -0.197. The zero-order valence-corrected chi connectivity index (χ0v) is 12.6. The lowest BCUT2D eigenvalue weighted by molar-refractivity contribution is -0.115. The van der Waals surface area contributed by atoms with Gasteiger partial charge in [-0.2, -0.15) is 0 Å². The van der Waals surface area contributed by atoms with Crippen molar-refractivity contribution >= 4 is 53.6 Å². The van der Waals surface area contributed by atoms with Crippen molar-refractivity contribution in [2.75, 3.05) is 0 Å². The molecule has 2 nitrogen and oxygen atoms in total. The van der Waals surface area contributed by atoms with Crippen molar-refractivity contribution in [2.24, 2.45) is 0 Å². The summed E-state index contributed by atoms with van der Waals surface area (Å²) in [7, 11) is 0. The fraction of sp³-hybridized carbons (Fsp3) is 0.100. The maximum absolute atomic E-state index is 11.0. The number of ketones is 1. The molecule has 1 aromatic rings. The van der Waals surface area contributed by atoms with Crippen molar-refractivity contribution in [3.8, 4) is 5.75 Å². The predicted octanol–water partition coefficient (Wildman–Crippen LogP) is 4.46. The fourth-order valence-corrected chi connectivity index (χ4v) is 3.24. The molecule has 0 unspecified atom stereocenters. The molecule has 0 saturated heterocycles. The molecular formula is C10H7Br3O2. The fourth-order valence-electron chi connectivity index (χ4n) is 0.822. The molecule has 1 aromatic carbocycles. The van der Waals surface area contributed by atoms with Crippen molar-refractivity contribution in [1.29, 1.82) is 0 Å². The number of ether oxygens (including phenoxy) is 1. The number of halogens is 3. The van der Waals surface area contributed by atoms with Crippen LogP contribution in [0, 0.1) is 0 Å². The van der Waals surface area contributed by atoms with Gasteiger partial charge in [-0.1, -0.05) is 22.5 Å². The van der Waals surface area contributed by atoms with Gasteiger partial charge in [-0.3, -0.25) is 4.79 Å². The molecule has 0 spiro atoms. The molecule has 0 aliphatic rings. The molecule has 0 atom stereocenters. The van der Waals surface area contributed by atoms with Gasteiger partial charge in [0.25, 0.3) is 0 Å². The lowest BCUT2D eigenvalue weighted by Crippen LogP contribution is -2.03. The Hall–Kier alpha value is -0.130. The molecule has 1 rings (SSSR count). The van der Waals surface area contributed by atoms with Crippen LogP contribution >= 0.6 is 47.8 Å². The number of benzene rings is 1. The zero-order chi connectivity index (χ0) is 11.6. The number of hydrogen-bond donors (Lipinski definition) is 0. The molecule has 0 aliphatic carbocycles. The van der Waals surface area contributed by atoms with E-state index < -0.39 is 0 Å². The highest BCUT2D eigenvalue weighted by Crippen LogP contribution is 2.37. The third-order valence-electron chi connectivity index (χ3n) is 1.58. The number of carbonyl (C=O) groups is 1. The van der Waals surface area contributed by atoms with E-state index in [1.165, 1.54) is 6.92 Å². The van der Waals surface area contributed by atoms with Gasteiger partial charge in [-0.05, 0) is 44.0 Å². The summed E-state index contributed by atoms with van der Waals surface area (Å²) >= 11 is 10.0. The van der Waals surface area contributed by atoms with Crippen LogP contribution in [0.2, 0.25) is 0 Å². The Morgan fingerprint density at radius 3 is 2.13 bits per heavy atom. The minimum Gasteiger partial charge on any atom is -0.452 e. The van der Waals surface area contributed by atoms with E-state index in [-0.39, 0.29) is 11.5 Å². The summed E-state index contributed by atoms with van der Waals surface area (Å²) in [4.78, 5) is 11.0. The largest absolute Gasteiger partial charge is 0.452 e. The Morgan fingerprint density at radius 2 is 1.73 bits per heavy atom. The monoisotopic (exact) mass is 396 g/mol. The number of Topliss-reactive ketones (excluding diaryl/α,β-unsaturated/α-hetero) is 1.